The minimum atomic E-state index is 0.269. The van der Waals surface area contributed by atoms with Gasteiger partial charge in [0.2, 0.25) is 5.95 Å². The number of piperazine rings is 1. The molecule has 1 unspecified atom stereocenters. The number of hydrogen-bond donors (Lipinski definition) is 0. The van der Waals surface area contributed by atoms with Crippen LogP contribution < -0.4 is 14.7 Å². The first-order chi connectivity index (χ1) is 16.0. The molecule has 33 heavy (non-hydrogen) atoms. The zero-order chi connectivity index (χ0) is 22.9. The number of benzene rings is 1. The van der Waals surface area contributed by atoms with E-state index in [1.807, 2.05) is 12.1 Å². The number of pyridine rings is 1. The Morgan fingerprint density at radius 1 is 0.909 bits per heavy atom. The summed E-state index contributed by atoms with van der Waals surface area (Å²) in [6.45, 7) is 11.2. The van der Waals surface area contributed by atoms with Gasteiger partial charge in [-0.05, 0) is 62.9 Å². The van der Waals surface area contributed by atoms with Gasteiger partial charge in [0.15, 0.2) is 0 Å². The molecule has 0 amide bonds. The van der Waals surface area contributed by atoms with E-state index in [1.54, 1.807) is 6.20 Å². The molecule has 2 aliphatic rings. The smallest absolute Gasteiger partial charge is 0.227 e. The predicted molar refractivity (Wildman–Crippen MR) is 137 cm³/mol. The molecule has 0 N–H and O–H groups in total. The maximum absolute atomic E-state index is 6.42. The second-order valence-corrected chi connectivity index (χ2v) is 9.61. The van der Waals surface area contributed by atoms with Crippen molar-refractivity contribution in [2.75, 3.05) is 47.4 Å². The number of halogens is 1. The van der Waals surface area contributed by atoms with Crippen molar-refractivity contribution < 1.29 is 0 Å². The van der Waals surface area contributed by atoms with Crippen LogP contribution in [0.3, 0.4) is 0 Å². The van der Waals surface area contributed by atoms with Gasteiger partial charge in [0.1, 0.15) is 11.6 Å². The standard InChI is InChI=1S/C26H31ClN6/c1-18-8-9-21(15-19(18)2)23-16-24(30-26(29-23)31-11-4-5-12-31)33-14-13-32(17-20(33)3)25-22(27)7-6-10-28-25/h6-10,15-16,20H,4-5,11-14,17H2,1-3H3. The summed E-state index contributed by atoms with van der Waals surface area (Å²) in [6, 6.07) is 12.8. The third-order valence-corrected chi connectivity index (χ3v) is 7.15. The zero-order valence-electron chi connectivity index (χ0n) is 19.6. The minimum Gasteiger partial charge on any atom is -0.352 e. The van der Waals surface area contributed by atoms with Crippen molar-refractivity contribution in [3.05, 3.63) is 58.7 Å². The van der Waals surface area contributed by atoms with Crippen LogP contribution in [0.25, 0.3) is 11.3 Å². The maximum atomic E-state index is 6.42. The molecule has 0 radical (unpaired) electrons. The quantitative estimate of drug-likeness (QED) is 0.536. The average Bonchev–Trinajstić information content (AvgIpc) is 3.36. The van der Waals surface area contributed by atoms with Crippen molar-refractivity contribution in [3.8, 4) is 11.3 Å². The van der Waals surface area contributed by atoms with Gasteiger partial charge in [0.05, 0.1) is 10.7 Å². The van der Waals surface area contributed by atoms with Crippen molar-refractivity contribution >= 4 is 29.2 Å². The molecule has 172 valence electrons. The molecule has 5 rings (SSSR count). The molecule has 7 heteroatoms. The summed E-state index contributed by atoms with van der Waals surface area (Å²) in [7, 11) is 0. The Kier molecular flexibility index (Phi) is 6.11. The van der Waals surface area contributed by atoms with Gasteiger partial charge in [-0.2, -0.15) is 4.98 Å². The fraction of sp³-hybridized carbons (Fsp3) is 0.423. The summed E-state index contributed by atoms with van der Waals surface area (Å²) in [5, 5.41) is 0.702. The van der Waals surface area contributed by atoms with Crippen LogP contribution in [0.5, 0.6) is 0 Å². The van der Waals surface area contributed by atoms with E-state index >= 15 is 0 Å². The number of rotatable bonds is 4. The number of hydrogen-bond acceptors (Lipinski definition) is 6. The Labute approximate surface area is 201 Å². The molecule has 4 heterocycles. The van der Waals surface area contributed by atoms with Gasteiger partial charge in [0, 0.05) is 56.6 Å². The second-order valence-electron chi connectivity index (χ2n) is 9.20. The first-order valence-corrected chi connectivity index (χ1v) is 12.2. The van der Waals surface area contributed by atoms with Crippen LogP contribution in [0.2, 0.25) is 5.02 Å². The van der Waals surface area contributed by atoms with Crippen molar-refractivity contribution in [1.29, 1.82) is 0 Å². The third-order valence-electron chi connectivity index (χ3n) is 6.85. The first kappa shape index (κ1) is 22.0. The lowest BCUT2D eigenvalue weighted by Crippen LogP contribution is -2.52. The van der Waals surface area contributed by atoms with Crippen LogP contribution >= 0.6 is 11.6 Å². The number of anilines is 3. The molecule has 3 aromatic rings. The van der Waals surface area contributed by atoms with Gasteiger partial charge >= 0.3 is 0 Å². The highest BCUT2D eigenvalue weighted by Gasteiger charge is 2.28. The Morgan fingerprint density at radius 2 is 1.73 bits per heavy atom. The molecule has 0 aliphatic carbocycles. The molecule has 2 aromatic heterocycles. The van der Waals surface area contributed by atoms with E-state index in [4.69, 9.17) is 21.6 Å². The van der Waals surface area contributed by atoms with E-state index in [1.165, 1.54) is 24.0 Å². The van der Waals surface area contributed by atoms with E-state index in [0.29, 0.717) is 5.02 Å². The highest BCUT2D eigenvalue weighted by Crippen LogP contribution is 2.31. The summed E-state index contributed by atoms with van der Waals surface area (Å²) >= 11 is 6.42. The van der Waals surface area contributed by atoms with Crippen molar-refractivity contribution in [3.63, 3.8) is 0 Å². The van der Waals surface area contributed by atoms with Gasteiger partial charge < -0.3 is 14.7 Å². The fourth-order valence-electron chi connectivity index (χ4n) is 4.78. The van der Waals surface area contributed by atoms with Gasteiger partial charge in [-0.15, -0.1) is 0 Å². The lowest BCUT2D eigenvalue weighted by Gasteiger charge is -2.41. The molecule has 2 aliphatic heterocycles. The molecular weight excluding hydrogens is 432 g/mol. The number of aryl methyl sites for hydroxylation is 2. The van der Waals surface area contributed by atoms with Crippen LogP contribution in [0, 0.1) is 13.8 Å². The fourth-order valence-corrected chi connectivity index (χ4v) is 5.02. The monoisotopic (exact) mass is 462 g/mol. The third kappa shape index (κ3) is 4.49. The van der Waals surface area contributed by atoms with Crippen molar-refractivity contribution in [2.45, 2.75) is 39.7 Å². The molecule has 0 spiro atoms. The van der Waals surface area contributed by atoms with Crippen LogP contribution in [0.15, 0.2) is 42.6 Å². The van der Waals surface area contributed by atoms with Gasteiger partial charge in [-0.3, -0.25) is 0 Å². The summed E-state index contributed by atoms with van der Waals surface area (Å²) in [6.07, 6.45) is 4.21. The Balaban J connectivity index is 1.47. The molecule has 2 saturated heterocycles. The average molecular weight is 463 g/mol. The highest BCUT2D eigenvalue weighted by molar-refractivity contribution is 6.32. The van der Waals surface area contributed by atoms with E-state index in [9.17, 15) is 0 Å². The van der Waals surface area contributed by atoms with Gasteiger partial charge in [-0.25, -0.2) is 9.97 Å². The van der Waals surface area contributed by atoms with E-state index < -0.39 is 0 Å². The van der Waals surface area contributed by atoms with Crippen LogP contribution in [-0.4, -0.2) is 53.7 Å². The predicted octanol–water partition coefficient (Wildman–Crippen LogP) is 5.12. The summed E-state index contributed by atoms with van der Waals surface area (Å²) in [5.74, 6) is 2.71. The SMILES string of the molecule is Cc1ccc(-c2cc(N3CCN(c4ncccc4Cl)CC3C)nc(N3CCCC3)n2)cc1C. The topological polar surface area (TPSA) is 48.4 Å². The van der Waals surface area contributed by atoms with Crippen LogP contribution in [-0.2, 0) is 0 Å². The van der Waals surface area contributed by atoms with Gasteiger partial charge in [-0.1, -0.05) is 23.7 Å². The van der Waals surface area contributed by atoms with Crippen LogP contribution in [0.1, 0.15) is 30.9 Å². The lowest BCUT2D eigenvalue weighted by molar-refractivity contribution is 0.542. The molecule has 0 bridgehead atoms. The molecule has 6 nitrogen and oxygen atoms in total. The van der Waals surface area contributed by atoms with E-state index in [0.717, 1.165) is 61.6 Å². The molecule has 1 aromatic carbocycles. The van der Waals surface area contributed by atoms with E-state index in [2.05, 4.69) is 64.7 Å². The lowest BCUT2D eigenvalue weighted by atomic mass is 10.0. The maximum Gasteiger partial charge on any atom is 0.227 e. The first-order valence-electron chi connectivity index (χ1n) is 11.8. The van der Waals surface area contributed by atoms with Crippen LogP contribution in [0.4, 0.5) is 17.6 Å². The number of aromatic nitrogens is 3. The number of nitrogens with zero attached hydrogens (tertiary/aromatic N) is 6. The second kappa shape index (κ2) is 9.18. The zero-order valence-corrected chi connectivity index (χ0v) is 20.4. The normalized spacial score (nSPS) is 18.8. The Morgan fingerprint density at radius 3 is 2.45 bits per heavy atom. The molecule has 0 saturated carbocycles. The summed E-state index contributed by atoms with van der Waals surface area (Å²) in [4.78, 5) is 21.6. The summed E-state index contributed by atoms with van der Waals surface area (Å²) in [5.41, 5.74) is 4.72. The molecule has 2 fully saturated rings. The minimum absolute atomic E-state index is 0.269. The van der Waals surface area contributed by atoms with Crippen molar-refractivity contribution in [2.24, 2.45) is 0 Å². The molecular formula is C26H31ClN6. The summed E-state index contributed by atoms with van der Waals surface area (Å²) < 4.78 is 0. The van der Waals surface area contributed by atoms with Crippen molar-refractivity contribution in [1.82, 2.24) is 15.0 Å². The van der Waals surface area contributed by atoms with Gasteiger partial charge in [0.25, 0.3) is 0 Å². The Hall–Kier alpha value is -2.86. The highest BCUT2D eigenvalue weighted by atomic mass is 35.5. The molecule has 1 atom stereocenters. The van der Waals surface area contributed by atoms with E-state index in [-0.39, 0.29) is 6.04 Å². The Bertz CT molecular complexity index is 1140. The largest absolute Gasteiger partial charge is 0.352 e.